The van der Waals surface area contributed by atoms with Crippen molar-refractivity contribution in [3.63, 3.8) is 0 Å². The number of ketones is 1. The lowest BCUT2D eigenvalue weighted by molar-refractivity contribution is 0.0994. The minimum atomic E-state index is 0.289. The summed E-state index contributed by atoms with van der Waals surface area (Å²) in [6.07, 6.45) is 1.57. The highest BCUT2D eigenvalue weighted by molar-refractivity contribution is 6.01. The second-order valence-corrected chi connectivity index (χ2v) is 5.04. The van der Waals surface area contributed by atoms with Gasteiger partial charge in [-0.3, -0.25) is 4.79 Å². The summed E-state index contributed by atoms with van der Waals surface area (Å²) in [5.74, 6) is 0.289. The van der Waals surface area contributed by atoms with Crippen molar-refractivity contribution < 1.29 is 4.79 Å². The largest absolute Gasteiger partial charge is 0.294 e. The molecule has 1 aliphatic carbocycles. The molecule has 0 fully saturated rings. The van der Waals surface area contributed by atoms with Gasteiger partial charge >= 0.3 is 0 Å². The molecule has 0 N–H and O–H groups in total. The maximum Gasteiger partial charge on any atom is 0.163 e. The fourth-order valence-corrected chi connectivity index (χ4v) is 2.69. The molecular weight excluding hydrogens is 220 g/mol. The summed E-state index contributed by atoms with van der Waals surface area (Å²) in [4.78, 5) is 11.6. The van der Waals surface area contributed by atoms with Crippen LogP contribution in [-0.4, -0.2) is 5.78 Å². The summed E-state index contributed by atoms with van der Waals surface area (Å²) in [5, 5.41) is 0. The number of hydrogen-bond donors (Lipinski definition) is 0. The molecule has 18 heavy (non-hydrogen) atoms. The average molecular weight is 236 g/mol. The predicted molar refractivity (Wildman–Crippen MR) is 74.0 cm³/mol. The third kappa shape index (κ3) is 1.67. The second kappa shape index (κ2) is 4.09. The third-order valence-electron chi connectivity index (χ3n) is 3.94. The van der Waals surface area contributed by atoms with Gasteiger partial charge in [0.2, 0.25) is 0 Å². The van der Waals surface area contributed by atoms with E-state index >= 15 is 0 Å². The summed E-state index contributed by atoms with van der Waals surface area (Å²) in [5.41, 5.74) is 7.26. The van der Waals surface area contributed by atoms with Crippen LogP contribution >= 0.6 is 0 Å². The van der Waals surface area contributed by atoms with E-state index in [-0.39, 0.29) is 5.78 Å². The van der Waals surface area contributed by atoms with Crippen LogP contribution in [0.25, 0.3) is 11.1 Å². The van der Waals surface area contributed by atoms with Crippen LogP contribution < -0.4 is 0 Å². The van der Waals surface area contributed by atoms with Crippen LogP contribution in [0.3, 0.4) is 0 Å². The Morgan fingerprint density at radius 3 is 2.61 bits per heavy atom. The summed E-state index contributed by atoms with van der Waals surface area (Å²) >= 11 is 0. The van der Waals surface area contributed by atoms with Crippen molar-refractivity contribution in [1.29, 1.82) is 0 Å². The molecule has 0 amide bonds. The Kier molecular flexibility index (Phi) is 2.55. The zero-order chi connectivity index (χ0) is 12.7. The van der Waals surface area contributed by atoms with E-state index in [1.54, 1.807) is 0 Å². The van der Waals surface area contributed by atoms with Crippen molar-refractivity contribution in [3.05, 3.63) is 58.7 Å². The van der Waals surface area contributed by atoms with Crippen molar-refractivity contribution in [3.8, 4) is 11.1 Å². The van der Waals surface area contributed by atoms with E-state index in [4.69, 9.17) is 0 Å². The molecule has 3 rings (SSSR count). The maximum atomic E-state index is 11.6. The quantitative estimate of drug-likeness (QED) is 0.728. The van der Waals surface area contributed by atoms with E-state index in [0.29, 0.717) is 6.42 Å². The smallest absolute Gasteiger partial charge is 0.163 e. The molecule has 2 aromatic rings. The summed E-state index contributed by atoms with van der Waals surface area (Å²) < 4.78 is 0. The molecule has 0 heterocycles. The number of rotatable bonds is 1. The van der Waals surface area contributed by atoms with Crippen molar-refractivity contribution in [2.24, 2.45) is 0 Å². The van der Waals surface area contributed by atoms with Crippen molar-refractivity contribution in [1.82, 2.24) is 0 Å². The van der Waals surface area contributed by atoms with E-state index < -0.39 is 0 Å². The summed E-state index contributed by atoms with van der Waals surface area (Å²) in [6.45, 7) is 4.29. The fraction of sp³-hybridized carbons (Fsp3) is 0.235. The average Bonchev–Trinajstić information content (AvgIpc) is 2.74. The molecule has 0 unspecified atom stereocenters. The Morgan fingerprint density at radius 2 is 1.78 bits per heavy atom. The fourth-order valence-electron chi connectivity index (χ4n) is 2.69. The van der Waals surface area contributed by atoms with Gasteiger partial charge in [-0.2, -0.15) is 0 Å². The SMILES string of the molecule is Cc1cccc(-c2ccc3c(c2)CCC3=O)c1C. The maximum absolute atomic E-state index is 11.6. The van der Waals surface area contributed by atoms with E-state index in [1.165, 1.54) is 27.8 Å². The Balaban J connectivity index is 2.14. The normalized spacial score (nSPS) is 13.8. The molecule has 1 aliphatic rings. The zero-order valence-corrected chi connectivity index (χ0v) is 10.8. The number of aryl methyl sites for hydroxylation is 2. The van der Waals surface area contributed by atoms with Crippen molar-refractivity contribution in [2.45, 2.75) is 26.7 Å². The molecule has 0 saturated carbocycles. The highest BCUT2D eigenvalue weighted by Gasteiger charge is 2.19. The number of fused-ring (bicyclic) bond motifs is 1. The van der Waals surface area contributed by atoms with E-state index in [0.717, 1.165) is 12.0 Å². The molecule has 0 radical (unpaired) electrons. The van der Waals surface area contributed by atoms with Gasteiger partial charge in [0.25, 0.3) is 0 Å². The Bertz CT molecular complexity index is 638. The zero-order valence-electron chi connectivity index (χ0n) is 10.8. The summed E-state index contributed by atoms with van der Waals surface area (Å²) in [6, 6.07) is 12.6. The van der Waals surface area contributed by atoms with Crippen LogP contribution in [0.5, 0.6) is 0 Å². The van der Waals surface area contributed by atoms with E-state index in [1.807, 2.05) is 6.07 Å². The lowest BCUT2D eigenvalue weighted by atomic mass is 9.95. The molecule has 2 aromatic carbocycles. The molecule has 1 nitrogen and oxygen atoms in total. The van der Waals surface area contributed by atoms with Crippen LogP contribution in [0.2, 0.25) is 0 Å². The molecule has 0 bridgehead atoms. The monoisotopic (exact) mass is 236 g/mol. The third-order valence-corrected chi connectivity index (χ3v) is 3.94. The van der Waals surface area contributed by atoms with Crippen LogP contribution in [0.15, 0.2) is 36.4 Å². The Hall–Kier alpha value is -1.89. The minimum Gasteiger partial charge on any atom is -0.294 e. The minimum absolute atomic E-state index is 0.289. The topological polar surface area (TPSA) is 17.1 Å². The molecule has 0 atom stereocenters. The van der Waals surface area contributed by atoms with Crippen LogP contribution in [-0.2, 0) is 6.42 Å². The van der Waals surface area contributed by atoms with Gasteiger partial charge in [0, 0.05) is 12.0 Å². The number of Topliss-reactive ketones (excluding diaryl/α,β-unsaturated/α-hetero) is 1. The van der Waals surface area contributed by atoms with Gasteiger partial charge in [0.15, 0.2) is 5.78 Å². The van der Waals surface area contributed by atoms with Gasteiger partial charge in [0.1, 0.15) is 0 Å². The van der Waals surface area contributed by atoms with Crippen LogP contribution in [0.1, 0.15) is 33.5 Å². The molecule has 90 valence electrons. The predicted octanol–water partition coefficient (Wildman–Crippen LogP) is 4.10. The highest BCUT2D eigenvalue weighted by atomic mass is 16.1. The molecule has 0 spiro atoms. The van der Waals surface area contributed by atoms with Crippen molar-refractivity contribution >= 4 is 5.78 Å². The van der Waals surface area contributed by atoms with Gasteiger partial charge in [-0.25, -0.2) is 0 Å². The first-order chi connectivity index (χ1) is 8.66. The Morgan fingerprint density at radius 1 is 0.944 bits per heavy atom. The molecular formula is C17H16O. The molecule has 0 aliphatic heterocycles. The van der Waals surface area contributed by atoms with Gasteiger partial charge in [-0.15, -0.1) is 0 Å². The number of carbonyl (C=O) groups is 1. The molecule has 1 heteroatoms. The first-order valence-corrected chi connectivity index (χ1v) is 6.39. The van der Waals surface area contributed by atoms with Crippen molar-refractivity contribution in [2.75, 3.05) is 0 Å². The lowest BCUT2D eigenvalue weighted by Gasteiger charge is -2.10. The molecule has 0 aromatic heterocycles. The van der Waals surface area contributed by atoms with Crippen LogP contribution in [0.4, 0.5) is 0 Å². The number of carbonyl (C=O) groups excluding carboxylic acids is 1. The molecule has 0 saturated heterocycles. The van der Waals surface area contributed by atoms with E-state index in [9.17, 15) is 4.79 Å². The van der Waals surface area contributed by atoms with E-state index in [2.05, 4.69) is 44.2 Å². The number of benzene rings is 2. The standard InChI is InChI=1S/C17H16O/c1-11-4-3-5-15(12(11)2)13-6-8-16-14(10-13)7-9-17(16)18/h3-6,8,10H,7,9H2,1-2H3. The lowest BCUT2D eigenvalue weighted by Crippen LogP contribution is -1.92. The first kappa shape index (κ1) is 11.2. The van der Waals surface area contributed by atoms with Gasteiger partial charge in [0.05, 0.1) is 0 Å². The number of hydrogen-bond acceptors (Lipinski definition) is 1. The van der Waals surface area contributed by atoms with Crippen LogP contribution in [0, 0.1) is 13.8 Å². The first-order valence-electron chi connectivity index (χ1n) is 6.39. The van der Waals surface area contributed by atoms with Gasteiger partial charge < -0.3 is 0 Å². The highest BCUT2D eigenvalue weighted by Crippen LogP contribution is 2.30. The van der Waals surface area contributed by atoms with Gasteiger partial charge in [-0.1, -0.05) is 36.4 Å². The van der Waals surface area contributed by atoms with Gasteiger partial charge in [-0.05, 0) is 48.1 Å². The second-order valence-electron chi connectivity index (χ2n) is 5.04. The Labute approximate surface area is 107 Å². The summed E-state index contributed by atoms with van der Waals surface area (Å²) in [7, 11) is 0.